The van der Waals surface area contributed by atoms with Gasteiger partial charge in [0.05, 0.1) is 5.60 Å². The van der Waals surface area contributed by atoms with Crippen molar-refractivity contribution in [2.45, 2.75) is 38.4 Å². The molecule has 1 atom stereocenters. The first kappa shape index (κ1) is 18.2. The van der Waals surface area contributed by atoms with Crippen LogP contribution in [0.15, 0.2) is 60.7 Å². The van der Waals surface area contributed by atoms with E-state index in [2.05, 4.69) is 0 Å². The number of benzene rings is 2. The summed E-state index contributed by atoms with van der Waals surface area (Å²) in [6.45, 7) is 4.57. The van der Waals surface area contributed by atoms with E-state index in [1.54, 1.807) is 62.4 Å². The molecule has 0 aliphatic heterocycles. The standard InChI is InChI=1S/C20H24O4/c1-18(2,23)14-19(3,17(21)22)20(24,15-10-6-4-7-11-15)16-12-8-5-9-13-16/h4-13,23-24H,14H2,1-3H3,(H,21,22). The van der Waals surface area contributed by atoms with E-state index in [0.29, 0.717) is 11.1 Å². The van der Waals surface area contributed by atoms with Crippen LogP contribution in [0.4, 0.5) is 0 Å². The Morgan fingerprint density at radius 1 is 0.833 bits per heavy atom. The molecule has 0 heterocycles. The van der Waals surface area contributed by atoms with Gasteiger partial charge in [-0.25, -0.2) is 0 Å². The number of aliphatic hydroxyl groups is 2. The van der Waals surface area contributed by atoms with E-state index < -0.39 is 22.6 Å². The summed E-state index contributed by atoms with van der Waals surface area (Å²) in [5.41, 5.74) is -3.73. The van der Waals surface area contributed by atoms with Crippen LogP contribution in [0.5, 0.6) is 0 Å². The summed E-state index contributed by atoms with van der Waals surface area (Å²) in [5, 5.41) is 32.0. The second kappa shape index (κ2) is 6.38. The monoisotopic (exact) mass is 328 g/mol. The molecule has 0 aromatic heterocycles. The van der Waals surface area contributed by atoms with Crippen molar-refractivity contribution in [2.75, 3.05) is 0 Å². The number of aliphatic carboxylic acids is 1. The van der Waals surface area contributed by atoms with Crippen molar-refractivity contribution in [2.24, 2.45) is 5.41 Å². The Balaban J connectivity index is 2.76. The fourth-order valence-electron chi connectivity index (χ4n) is 3.39. The van der Waals surface area contributed by atoms with Crippen LogP contribution in [0.25, 0.3) is 0 Å². The van der Waals surface area contributed by atoms with Crippen LogP contribution in [-0.4, -0.2) is 26.9 Å². The Kier molecular flexibility index (Phi) is 4.83. The number of hydrogen-bond donors (Lipinski definition) is 3. The first-order valence-corrected chi connectivity index (χ1v) is 7.90. The van der Waals surface area contributed by atoms with Crippen molar-refractivity contribution in [3.05, 3.63) is 71.8 Å². The van der Waals surface area contributed by atoms with Gasteiger partial charge < -0.3 is 15.3 Å². The lowest BCUT2D eigenvalue weighted by atomic mass is 9.62. The fraction of sp³-hybridized carbons (Fsp3) is 0.350. The van der Waals surface area contributed by atoms with Gasteiger partial charge in [0.2, 0.25) is 0 Å². The highest BCUT2D eigenvalue weighted by molar-refractivity contribution is 5.78. The van der Waals surface area contributed by atoms with Crippen LogP contribution in [-0.2, 0) is 10.4 Å². The minimum absolute atomic E-state index is 0.115. The lowest BCUT2D eigenvalue weighted by molar-refractivity contribution is -0.171. The predicted octanol–water partition coefficient (Wildman–Crippen LogP) is 3.17. The molecule has 0 radical (unpaired) electrons. The van der Waals surface area contributed by atoms with Crippen molar-refractivity contribution in [1.29, 1.82) is 0 Å². The highest BCUT2D eigenvalue weighted by Crippen LogP contribution is 2.49. The number of rotatable bonds is 6. The van der Waals surface area contributed by atoms with E-state index in [-0.39, 0.29) is 6.42 Å². The lowest BCUT2D eigenvalue weighted by Gasteiger charge is -2.45. The summed E-state index contributed by atoms with van der Waals surface area (Å²) in [6.07, 6.45) is -0.115. The molecule has 0 bridgehead atoms. The Morgan fingerprint density at radius 3 is 1.50 bits per heavy atom. The molecule has 4 nitrogen and oxygen atoms in total. The number of carbonyl (C=O) groups is 1. The van der Waals surface area contributed by atoms with Crippen LogP contribution >= 0.6 is 0 Å². The Hall–Kier alpha value is -2.17. The van der Waals surface area contributed by atoms with Gasteiger partial charge in [-0.3, -0.25) is 4.79 Å². The Morgan fingerprint density at radius 2 is 1.21 bits per heavy atom. The van der Waals surface area contributed by atoms with E-state index in [1.807, 2.05) is 12.1 Å². The zero-order valence-electron chi connectivity index (χ0n) is 14.2. The molecule has 0 amide bonds. The van der Waals surface area contributed by atoms with Gasteiger partial charge in [0.25, 0.3) is 0 Å². The molecule has 3 N–H and O–H groups in total. The highest BCUT2D eigenvalue weighted by atomic mass is 16.4. The fourth-order valence-corrected chi connectivity index (χ4v) is 3.39. The SMILES string of the molecule is CC(C)(O)CC(C)(C(=O)O)C(O)(c1ccccc1)c1ccccc1. The van der Waals surface area contributed by atoms with E-state index in [9.17, 15) is 20.1 Å². The number of carboxylic acid groups (broad SMARTS) is 1. The molecule has 2 aromatic rings. The van der Waals surface area contributed by atoms with Crippen molar-refractivity contribution in [1.82, 2.24) is 0 Å². The first-order valence-electron chi connectivity index (χ1n) is 7.90. The van der Waals surface area contributed by atoms with Crippen molar-refractivity contribution < 1.29 is 20.1 Å². The summed E-state index contributed by atoms with van der Waals surface area (Å²) < 4.78 is 0. The van der Waals surface area contributed by atoms with Gasteiger partial charge in [0.1, 0.15) is 11.0 Å². The summed E-state index contributed by atoms with van der Waals surface area (Å²) in [6, 6.07) is 17.5. The summed E-state index contributed by atoms with van der Waals surface area (Å²) in [5.74, 6) is -1.17. The molecule has 0 saturated heterocycles. The van der Waals surface area contributed by atoms with Gasteiger partial charge in [-0.15, -0.1) is 0 Å². The van der Waals surface area contributed by atoms with Gasteiger partial charge in [-0.05, 0) is 38.3 Å². The van der Waals surface area contributed by atoms with Gasteiger partial charge in [-0.2, -0.15) is 0 Å². The summed E-state index contributed by atoms with van der Waals surface area (Å²) >= 11 is 0. The normalized spacial score (nSPS) is 14.9. The third kappa shape index (κ3) is 3.21. The van der Waals surface area contributed by atoms with Crippen LogP contribution in [0.1, 0.15) is 38.3 Å². The average molecular weight is 328 g/mol. The topological polar surface area (TPSA) is 77.8 Å². The Bertz CT molecular complexity index is 649. The molecule has 0 saturated carbocycles. The summed E-state index contributed by atoms with van der Waals surface area (Å²) in [4.78, 5) is 12.2. The van der Waals surface area contributed by atoms with Crippen LogP contribution in [0.2, 0.25) is 0 Å². The molecule has 0 aliphatic rings. The maximum atomic E-state index is 12.2. The van der Waals surface area contributed by atoms with Crippen LogP contribution in [0.3, 0.4) is 0 Å². The third-order valence-corrected chi connectivity index (χ3v) is 4.44. The lowest BCUT2D eigenvalue weighted by Crippen LogP contribution is -2.53. The number of carboxylic acids is 1. The molecule has 0 fully saturated rings. The van der Waals surface area contributed by atoms with E-state index in [0.717, 1.165) is 0 Å². The molecule has 2 rings (SSSR count). The van der Waals surface area contributed by atoms with E-state index in [4.69, 9.17) is 0 Å². The molecular formula is C20H24O4. The minimum atomic E-state index is -1.79. The molecule has 4 heteroatoms. The van der Waals surface area contributed by atoms with Crippen molar-refractivity contribution >= 4 is 5.97 Å². The first-order chi connectivity index (χ1) is 11.1. The maximum Gasteiger partial charge on any atom is 0.313 e. The zero-order valence-corrected chi connectivity index (χ0v) is 14.2. The number of hydrogen-bond acceptors (Lipinski definition) is 3. The van der Waals surface area contributed by atoms with Crippen molar-refractivity contribution in [3.8, 4) is 0 Å². The zero-order chi connectivity index (χ0) is 18.0. The highest BCUT2D eigenvalue weighted by Gasteiger charge is 2.56. The average Bonchev–Trinajstić information content (AvgIpc) is 2.54. The molecule has 0 aliphatic carbocycles. The largest absolute Gasteiger partial charge is 0.481 e. The molecule has 1 unspecified atom stereocenters. The molecule has 128 valence electrons. The van der Waals surface area contributed by atoms with Gasteiger partial charge in [0, 0.05) is 0 Å². The van der Waals surface area contributed by atoms with Gasteiger partial charge >= 0.3 is 5.97 Å². The molecule has 24 heavy (non-hydrogen) atoms. The van der Waals surface area contributed by atoms with Gasteiger partial charge in [-0.1, -0.05) is 60.7 Å². The molecule has 2 aromatic carbocycles. The molecule has 0 spiro atoms. The van der Waals surface area contributed by atoms with E-state index in [1.165, 1.54) is 6.92 Å². The second-order valence-corrected chi connectivity index (χ2v) is 7.07. The van der Waals surface area contributed by atoms with E-state index >= 15 is 0 Å². The third-order valence-electron chi connectivity index (χ3n) is 4.44. The quantitative estimate of drug-likeness (QED) is 0.761. The van der Waals surface area contributed by atoms with Crippen LogP contribution in [0, 0.1) is 5.41 Å². The second-order valence-electron chi connectivity index (χ2n) is 7.07. The van der Waals surface area contributed by atoms with Crippen molar-refractivity contribution in [3.63, 3.8) is 0 Å². The smallest absolute Gasteiger partial charge is 0.313 e. The predicted molar refractivity (Wildman–Crippen MR) is 92.5 cm³/mol. The van der Waals surface area contributed by atoms with Gasteiger partial charge in [0.15, 0.2) is 0 Å². The molecular weight excluding hydrogens is 304 g/mol. The van der Waals surface area contributed by atoms with Crippen LogP contribution < -0.4 is 0 Å². The summed E-state index contributed by atoms with van der Waals surface area (Å²) in [7, 11) is 0. The minimum Gasteiger partial charge on any atom is -0.481 e. The maximum absolute atomic E-state index is 12.2. The Labute approximate surface area is 142 Å².